The Morgan fingerprint density at radius 1 is 1.02 bits per heavy atom. The van der Waals surface area contributed by atoms with Gasteiger partial charge in [0.05, 0.1) is 11.7 Å². The summed E-state index contributed by atoms with van der Waals surface area (Å²) in [6, 6.07) is 13.7. The average Bonchev–Trinajstić information content (AvgIpc) is 3.55. The highest BCUT2D eigenvalue weighted by molar-refractivity contribution is 6.00. The molecule has 0 unspecified atom stereocenters. The summed E-state index contributed by atoms with van der Waals surface area (Å²) >= 11 is 0. The van der Waals surface area contributed by atoms with Gasteiger partial charge in [0.1, 0.15) is 23.9 Å². The van der Waals surface area contributed by atoms with Crippen molar-refractivity contribution in [2.75, 3.05) is 19.6 Å². The van der Waals surface area contributed by atoms with Crippen LogP contribution in [0.3, 0.4) is 0 Å². The zero-order valence-corrected chi connectivity index (χ0v) is 25.7. The highest BCUT2D eigenvalue weighted by Crippen LogP contribution is 2.36. The van der Waals surface area contributed by atoms with E-state index in [1.807, 2.05) is 17.0 Å². The fraction of sp³-hybridized carbons (Fsp3) is 0.545. The minimum absolute atomic E-state index is 0. The van der Waals surface area contributed by atoms with Crippen molar-refractivity contribution >= 4 is 30.2 Å². The molecule has 10 heteroatoms. The summed E-state index contributed by atoms with van der Waals surface area (Å²) in [5.74, 6) is -0.503. The molecule has 2 aliphatic heterocycles. The molecule has 1 spiro atoms. The average molecular weight is 614 g/mol. The Hall–Kier alpha value is -3.14. The van der Waals surface area contributed by atoms with E-state index >= 15 is 0 Å². The quantitative estimate of drug-likeness (QED) is 0.344. The molecule has 43 heavy (non-hydrogen) atoms. The maximum absolute atomic E-state index is 13.7. The van der Waals surface area contributed by atoms with Crippen LogP contribution in [0.4, 0.5) is 0 Å². The molecule has 2 saturated heterocycles. The van der Waals surface area contributed by atoms with E-state index in [0.29, 0.717) is 44.8 Å². The van der Waals surface area contributed by atoms with Crippen LogP contribution in [0.25, 0.3) is 0 Å². The molecule has 3 fully saturated rings. The van der Waals surface area contributed by atoms with Crippen LogP contribution in [0, 0.1) is 5.92 Å². The van der Waals surface area contributed by atoms with E-state index in [-0.39, 0.29) is 35.7 Å². The molecule has 3 aliphatic rings. The fourth-order valence-electron chi connectivity index (χ4n) is 6.72. The second kappa shape index (κ2) is 14.6. The number of nitrogens with one attached hydrogen (secondary N) is 1. The molecule has 2 heterocycles. The number of rotatable bonds is 11. The standard InChI is InChI=1S/C33H43N3O6.ClH/c1-2-3-18-36-30(38)28(29(37)25-6-4-5-7-25)34-32(41)33(36)16-19-35(20-17-33)21-23-8-10-24(11-9-23)22-42-27-14-12-26(13-15-27)31(39)40;/h8-15,25,28-29,37H,2-7,16-22H2,1H3,(H,34,41)(H,39,40);1H/t28-,29-;/m1./s1. The summed E-state index contributed by atoms with van der Waals surface area (Å²) in [6.07, 6.45) is 6.05. The number of amides is 2. The molecule has 9 nitrogen and oxygen atoms in total. The van der Waals surface area contributed by atoms with Crippen molar-refractivity contribution in [3.63, 3.8) is 0 Å². The predicted molar refractivity (Wildman–Crippen MR) is 165 cm³/mol. The first-order valence-electron chi connectivity index (χ1n) is 15.4. The lowest BCUT2D eigenvalue weighted by molar-refractivity contribution is -0.165. The number of carbonyl (C=O) groups is 3. The van der Waals surface area contributed by atoms with E-state index in [0.717, 1.165) is 56.2 Å². The van der Waals surface area contributed by atoms with Gasteiger partial charge in [-0.15, -0.1) is 12.4 Å². The van der Waals surface area contributed by atoms with Crippen LogP contribution < -0.4 is 10.1 Å². The van der Waals surface area contributed by atoms with Crippen LogP contribution in [-0.4, -0.2) is 75.1 Å². The summed E-state index contributed by atoms with van der Waals surface area (Å²) in [6.45, 7) is 5.18. The SMILES string of the molecule is CCCCN1C(=O)[C@@H]([C@H](O)C2CCCC2)NC(=O)C12CCN(Cc1ccc(COc3ccc(C(=O)O)cc3)cc1)CC2.Cl. The molecule has 2 amide bonds. The maximum atomic E-state index is 13.7. The molecule has 0 bridgehead atoms. The Morgan fingerprint density at radius 3 is 2.26 bits per heavy atom. The van der Waals surface area contributed by atoms with E-state index in [2.05, 4.69) is 29.3 Å². The number of piperazine rings is 1. The first-order valence-corrected chi connectivity index (χ1v) is 15.4. The number of halogens is 1. The lowest BCUT2D eigenvalue weighted by Gasteiger charge is -2.52. The van der Waals surface area contributed by atoms with Gasteiger partial charge in [-0.3, -0.25) is 14.5 Å². The second-order valence-corrected chi connectivity index (χ2v) is 12.1. The molecule has 0 aromatic heterocycles. The number of hydrogen-bond donors (Lipinski definition) is 3. The Balaban J connectivity index is 0.00000423. The van der Waals surface area contributed by atoms with Gasteiger partial charge in [-0.1, -0.05) is 50.5 Å². The summed E-state index contributed by atoms with van der Waals surface area (Å²) in [5.41, 5.74) is 1.55. The van der Waals surface area contributed by atoms with Gasteiger partial charge in [0, 0.05) is 26.2 Å². The van der Waals surface area contributed by atoms with Crippen molar-refractivity contribution in [1.29, 1.82) is 0 Å². The van der Waals surface area contributed by atoms with Gasteiger partial charge in [-0.05, 0) is 73.4 Å². The molecule has 3 N–H and O–H groups in total. The number of carboxylic acid groups (broad SMARTS) is 1. The van der Waals surface area contributed by atoms with Crippen molar-refractivity contribution in [3.05, 3.63) is 65.2 Å². The molecule has 2 atom stereocenters. The molecule has 1 saturated carbocycles. The number of aliphatic hydroxyl groups excluding tert-OH is 1. The second-order valence-electron chi connectivity index (χ2n) is 12.1. The van der Waals surface area contributed by atoms with E-state index in [1.54, 1.807) is 12.1 Å². The molecule has 2 aromatic rings. The van der Waals surface area contributed by atoms with Gasteiger partial charge < -0.3 is 25.2 Å². The molecular weight excluding hydrogens is 570 g/mol. The minimum atomic E-state index is -0.964. The molecule has 2 aromatic carbocycles. The zero-order chi connectivity index (χ0) is 29.7. The number of likely N-dealkylation sites (tertiary alicyclic amines) is 1. The van der Waals surface area contributed by atoms with Gasteiger partial charge in [-0.25, -0.2) is 4.79 Å². The number of piperidine rings is 1. The van der Waals surface area contributed by atoms with Gasteiger partial charge in [0.25, 0.3) is 0 Å². The van der Waals surface area contributed by atoms with Crippen molar-refractivity contribution in [2.24, 2.45) is 5.92 Å². The van der Waals surface area contributed by atoms with Gasteiger partial charge in [0.15, 0.2) is 0 Å². The van der Waals surface area contributed by atoms with Gasteiger partial charge in [-0.2, -0.15) is 0 Å². The molecule has 5 rings (SSSR count). The van der Waals surface area contributed by atoms with Crippen molar-refractivity contribution in [1.82, 2.24) is 15.1 Å². The molecular formula is C33H44ClN3O6. The number of carboxylic acids is 1. The minimum Gasteiger partial charge on any atom is -0.489 e. The highest BCUT2D eigenvalue weighted by atomic mass is 35.5. The Kier molecular flexibility index (Phi) is 11.1. The number of hydrogen-bond acceptors (Lipinski definition) is 6. The molecule has 234 valence electrons. The summed E-state index contributed by atoms with van der Waals surface area (Å²) in [4.78, 5) is 42.6. The summed E-state index contributed by atoms with van der Waals surface area (Å²) < 4.78 is 5.80. The van der Waals surface area contributed by atoms with Crippen molar-refractivity contribution < 1.29 is 29.3 Å². The Labute approximate surface area is 260 Å². The van der Waals surface area contributed by atoms with Crippen molar-refractivity contribution in [3.8, 4) is 5.75 Å². The third-order valence-electron chi connectivity index (χ3n) is 9.34. The predicted octanol–water partition coefficient (Wildman–Crippen LogP) is 4.40. The third kappa shape index (κ3) is 7.33. The van der Waals surface area contributed by atoms with Gasteiger partial charge >= 0.3 is 5.97 Å². The monoisotopic (exact) mass is 613 g/mol. The van der Waals surface area contributed by atoms with E-state index in [4.69, 9.17) is 9.84 Å². The largest absolute Gasteiger partial charge is 0.489 e. The van der Waals surface area contributed by atoms with Crippen LogP contribution >= 0.6 is 12.4 Å². The normalized spacial score (nSPS) is 21.3. The Morgan fingerprint density at radius 2 is 1.65 bits per heavy atom. The number of unbranched alkanes of at least 4 members (excludes halogenated alkanes) is 1. The lowest BCUT2D eigenvalue weighted by atomic mass is 9.80. The molecule has 1 aliphatic carbocycles. The zero-order valence-electron chi connectivity index (χ0n) is 24.9. The van der Waals surface area contributed by atoms with Crippen molar-refractivity contribution in [2.45, 2.75) is 89.1 Å². The lowest BCUT2D eigenvalue weighted by Crippen LogP contribution is -2.75. The Bertz CT molecular complexity index is 1240. The number of benzene rings is 2. The number of aromatic carboxylic acids is 1. The highest BCUT2D eigenvalue weighted by Gasteiger charge is 2.55. The van der Waals surface area contributed by atoms with E-state index < -0.39 is 23.7 Å². The number of ether oxygens (including phenoxy) is 1. The van der Waals surface area contributed by atoms with E-state index in [1.165, 1.54) is 12.1 Å². The van der Waals surface area contributed by atoms with E-state index in [9.17, 15) is 19.5 Å². The molecule has 0 radical (unpaired) electrons. The smallest absolute Gasteiger partial charge is 0.335 e. The van der Waals surface area contributed by atoms with Crippen LogP contribution in [0.15, 0.2) is 48.5 Å². The first kappa shape index (κ1) is 32.8. The number of nitrogens with zero attached hydrogens (tertiary/aromatic N) is 2. The topological polar surface area (TPSA) is 119 Å². The van der Waals surface area contributed by atoms with Crippen LogP contribution in [0.5, 0.6) is 5.75 Å². The van der Waals surface area contributed by atoms with Crippen LogP contribution in [-0.2, 0) is 22.7 Å². The van der Waals surface area contributed by atoms with Crippen LogP contribution in [0.2, 0.25) is 0 Å². The summed E-state index contributed by atoms with van der Waals surface area (Å²) in [5, 5.41) is 23.0. The fourth-order valence-corrected chi connectivity index (χ4v) is 6.72. The first-order chi connectivity index (χ1) is 20.3. The van der Waals surface area contributed by atoms with Gasteiger partial charge in [0.2, 0.25) is 11.8 Å². The summed E-state index contributed by atoms with van der Waals surface area (Å²) in [7, 11) is 0. The third-order valence-corrected chi connectivity index (χ3v) is 9.34. The number of aliphatic hydroxyl groups is 1. The number of carbonyl (C=O) groups excluding carboxylic acids is 2. The maximum Gasteiger partial charge on any atom is 0.335 e. The van der Waals surface area contributed by atoms with Crippen LogP contribution in [0.1, 0.15) is 79.8 Å².